The van der Waals surface area contributed by atoms with Gasteiger partial charge in [0.05, 0.1) is 15.5 Å². The number of nitrogens with one attached hydrogen (secondary N) is 1. The third-order valence-corrected chi connectivity index (χ3v) is 3.80. The molecule has 5 N–H and O–H groups in total. The van der Waals surface area contributed by atoms with Gasteiger partial charge in [-0.2, -0.15) is 0 Å². The maximum Gasteiger partial charge on any atom is 0.257 e. The number of halogens is 1. The predicted octanol–water partition coefficient (Wildman–Crippen LogP) is 1.22. The Labute approximate surface area is 126 Å². The summed E-state index contributed by atoms with van der Waals surface area (Å²) in [6.45, 7) is 0. The van der Waals surface area contributed by atoms with Crippen molar-refractivity contribution in [2.24, 2.45) is 5.14 Å². The van der Waals surface area contributed by atoms with Gasteiger partial charge in [0.1, 0.15) is 5.82 Å². The van der Waals surface area contributed by atoms with E-state index in [-0.39, 0.29) is 21.3 Å². The van der Waals surface area contributed by atoms with Crippen LogP contribution in [-0.2, 0) is 10.0 Å². The number of carbonyl (C=O) groups excluding carboxylic acids is 1. The van der Waals surface area contributed by atoms with Crippen LogP contribution in [0.3, 0.4) is 0 Å². The van der Waals surface area contributed by atoms with E-state index in [1.165, 1.54) is 36.5 Å². The van der Waals surface area contributed by atoms with Crippen molar-refractivity contribution in [3.05, 3.63) is 47.1 Å². The number of nitrogen functional groups attached to an aromatic ring is 1. The highest BCUT2D eigenvalue weighted by atomic mass is 35.5. The number of primary sulfonamides is 1. The molecule has 0 aliphatic carbocycles. The Morgan fingerprint density at radius 1 is 1.24 bits per heavy atom. The number of rotatable bonds is 3. The van der Waals surface area contributed by atoms with E-state index in [9.17, 15) is 13.2 Å². The number of amides is 1. The standard InChI is InChI=1S/C12H11ClN4O3S/c13-10-5-7(6-16-11(10)14)12(18)17-8-1-3-9(4-2-8)21(15,19)20/h1-6H,(H2,14,16)(H,17,18)(H2,15,19,20). The molecule has 0 radical (unpaired) electrons. The van der Waals surface area contributed by atoms with Gasteiger partial charge in [0.25, 0.3) is 5.91 Å². The Morgan fingerprint density at radius 3 is 2.38 bits per heavy atom. The molecule has 0 bridgehead atoms. The number of benzene rings is 1. The number of pyridine rings is 1. The average Bonchev–Trinajstić information content (AvgIpc) is 2.41. The number of nitrogens with zero attached hydrogens (tertiary/aromatic N) is 1. The molecular weight excluding hydrogens is 316 g/mol. The lowest BCUT2D eigenvalue weighted by Gasteiger charge is -2.06. The molecule has 0 unspecified atom stereocenters. The first-order valence-electron chi connectivity index (χ1n) is 5.62. The van der Waals surface area contributed by atoms with E-state index in [1.54, 1.807) is 0 Å². The van der Waals surface area contributed by atoms with Crippen LogP contribution in [0.4, 0.5) is 11.5 Å². The van der Waals surface area contributed by atoms with E-state index in [0.29, 0.717) is 5.69 Å². The number of carbonyl (C=O) groups is 1. The second kappa shape index (κ2) is 5.68. The van der Waals surface area contributed by atoms with Crippen molar-refractivity contribution in [2.45, 2.75) is 4.90 Å². The fraction of sp³-hybridized carbons (Fsp3) is 0. The van der Waals surface area contributed by atoms with Gasteiger partial charge in [-0.05, 0) is 30.3 Å². The largest absolute Gasteiger partial charge is 0.382 e. The van der Waals surface area contributed by atoms with E-state index in [0.717, 1.165) is 0 Å². The molecule has 9 heteroatoms. The minimum atomic E-state index is -3.76. The molecule has 0 fully saturated rings. The zero-order chi connectivity index (χ0) is 15.6. The summed E-state index contributed by atoms with van der Waals surface area (Å²) in [5.74, 6) is -0.321. The van der Waals surface area contributed by atoms with Gasteiger partial charge < -0.3 is 11.1 Å². The summed E-state index contributed by atoms with van der Waals surface area (Å²) < 4.78 is 22.2. The highest BCUT2D eigenvalue weighted by molar-refractivity contribution is 7.89. The van der Waals surface area contributed by atoms with E-state index in [4.69, 9.17) is 22.5 Å². The summed E-state index contributed by atoms with van der Waals surface area (Å²) in [7, 11) is -3.76. The Hall–Kier alpha value is -2.16. The smallest absolute Gasteiger partial charge is 0.257 e. The number of nitrogens with two attached hydrogens (primary N) is 2. The Bertz CT molecular complexity index is 791. The highest BCUT2D eigenvalue weighted by Gasteiger charge is 2.11. The number of aromatic nitrogens is 1. The van der Waals surface area contributed by atoms with Crippen LogP contribution in [0.1, 0.15) is 10.4 Å². The van der Waals surface area contributed by atoms with Gasteiger partial charge >= 0.3 is 0 Å². The maximum atomic E-state index is 12.0. The molecule has 0 saturated heterocycles. The fourth-order valence-corrected chi connectivity index (χ4v) is 2.19. The van der Waals surface area contributed by atoms with Crippen LogP contribution in [-0.4, -0.2) is 19.3 Å². The molecule has 0 atom stereocenters. The molecular formula is C12H11ClN4O3S. The van der Waals surface area contributed by atoms with Crippen molar-refractivity contribution >= 4 is 39.0 Å². The van der Waals surface area contributed by atoms with Crippen molar-refractivity contribution in [2.75, 3.05) is 11.1 Å². The summed E-state index contributed by atoms with van der Waals surface area (Å²) >= 11 is 5.78. The third kappa shape index (κ3) is 3.69. The van der Waals surface area contributed by atoms with Gasteiger partial charge in [-0.1, -0.05) is 11.6 Å². The van der Waals surface area contributed by atoms with E-state index < -0.39 is 15.9 Å². The van der Waals surface area contributed by atoms with Crippen molar-refractivity contribution in [1.29, 1.82) is 0 Å². The Morgan fingerprint density at radius 2 is 1.86 bits per heavy atom. The fourth-order valence-electron chi connectivity index (χ4n) is 1.50. The molecule has 0 spiro atoms. The lowest BCUT2D eigenvalue weighted by Crippen LogP contribution is -2.14. The zero-order valence-electron chi connectivity index (χ0n) is 10.6. The minimum absolute atomic E-state index is 0.0438. The van der Waals surface area contributed by atoms with Gasteiger partial charge in [-0.3, -0.25) is 4.79 Å². The molecule has 1 amide bonds. The zero-order valence-corrected chi connectivity index (χ0v) is 12.1. The lowest BCUT2D eigenvalue weighted by molar-refractivity contribution is 0.102. The first-order valence-corrected chi connectivity index (χ1v) is 7.55. The Balaban J connectivity index is 2.18. The van der Waals surface area contributed by atoms with Gasteiger partial charge in [-0.25, -0.2) is 18.5 Å². The lowest BCUT2D eigenvalue weighted by atomic mass is 10.2. The van der Waals surface area contributed by atoms with Gasteiger partial charge in [0, 0.05) is 11.9 Å². The summed E-state index contributed by atoms with van der Waals surface area (Å²) in [6, 6.07) is 6.81. The second-order valence-corrected chi connectivity index (χ2v) is 6.08. The van der Waals surface area contributed by atoms with Crippen LogP contribution in [0.15, 0.2) is 41.4 Å². The van der Waals surface area contributed by atoms with E-state index >= 15 is 0 Å². The summed E-state index contributed by atoms with van der Waals surface area (Å²) in [5.41, 5.74) is 6.09. The number of sulfonamides is 1. The van der Waals surface area contributed by atoms with Gasteiger partial charge in [0.2, 0.25) is 10.0 Å². The van der Waals surface area contributed by atoms with Crippen LogP contribution in [0, 0.1) is 0 Å². The van der Waals surface area contributed by atoms with Crippen molar-refractivity contribution < 1.29 is 13.2 Å². The molecule has 0 saturated carbocycles. The van der Waals surface area contributed by atoms with Gasteiger partial charge in [-0.15, -0.1) is 0 Å². The van der Waals surface area contributed by atoms with Crippen LogP contribution in [0.2, 0.25) is 5.02 Å². The monoisotopic (exact) mass is 326 g/mol. The molecule has 0 aliphatic rings. The molecule has 1 aromatic carbocycles. The van der Waals surface area contributed by atoms with Crippen LogP contribution < -0.4 is 16.2 Å². The van der Waals surface area contributed by atoms with Gasteiger partial charge in [0.15, 0.2) is 0 Å². The van der Waals surface area contributed by atoms with Crippen molar-refractivity contribution in [3.8, 4) is 0 Å². The first-order chi connectivity index (χ1) is 9.77. The van der Waals surface area contributed by atoms with Crippen molar-refractivity contribution in [1.82, 2.24) is 4.98 Å². The molecule has 7 nitrogen and oxygen atoms in total. The summed E-state index contributed by atoms with van der Waals surface area (Å²) in [6.07, 6.45) is 1.29. The number of hydrogen-bond donors (Lipinski definition) is 3. The Kier molecular flexibility index (Phi) is 4.12. The van der Waals surface area contributed by atoms with E-state index in [2.05, 4.69) is 10.3 Å². The van der Waals surface area contributed by atoms with Crippen LogP contribution in [0.5, 0.6) is 0 Å². The molecule has 2 rings (SSSR count). The first kappa shape index (κ1) is 15.2. The summed E-state index contributed by atoms with van der Waals surface area (Å²) in [4.78, 5) is 15.7. The quantitative estimate of drug-likeness (QED) is 0.781. The second-order valence-electron chi connectivity index (χ2n) is 4.11. The van der Waals surface area contributed by atoms with E-state index in [1.807, 2.05) is 0 Å². The van der Waals surface area contributed by atoms with Crippen molar-refractivity contribution in [3.63, 3.8) is 0 Å². The van der Waals surface area contributed by atoms with Crippen LogP contribution >= 0.6 is 11.6 Å². The molecule has 1 heterocycles. The highest BCUT2D eigenvalue weighted by Crippen LogP contribution is 2.18. The minimum Gasteiger partial charge on any atom is -0.382 e. The molecule has 2 aromatic rings. The average molecular weight is 327 g/mol. The predicted molar refractivity (Wildman–Crippen MR) is 79.4 cm³/mol. The third-order valence-electron chi connectivity index (χ3n) is 2.57. The topological polar surface area (TPSA) is 128 Å². The molecule has 0 aliphatic heterocycles. The molecule has 1 aromatic heterocycles. The van der Waals surface area contributed by atoms with Crippen LogP contribution in [0.25, 0.3) is 0 Å². The summed E-state index contributed by atoms with van der Waals surface area (Å²) in [5, 5.41) is 7.72. The normalized spacial score (nSPS) is 11.1. The SMILES string of the molecule is Nc1ncc(C(=O)Nc2ccc(S(N)(=O)=O)cc2)cc1Cl. The molecule has 21 heavy (non-hydrogen) atoms. The number of hydrogen-bond acceptors (Lipinski definition) is 5. The number of anilines is 2. The maximum absolute atomic E-state index is 12.0. The molecule has 110 valence electrons.